The van der Waals surface area contributed by atoms with E-state index in [-0.39, 0.29) is 5.91 Å². The predicted molar refractivity (Wildman–Crippen MR) is 107 cm³/mol. The minimum atomic E-state index is -0.567. The Balaban J connectivity index is 1.66. The van der Waals surface area contributed by atoms with Crippen LogP contribution in [-0.2, 0) is 0 Å². The van der Waals surface area contributed by atoms with E-state index in [1.54, 1.807) is 36.4 Å². The molecule has 1 heterocycles. The first-order valence-electron chi connectivity index (χ1n) is 8.71. The first kappa shape index (κ1) is 17.9. The molecule has 1 amide bonds. The molecule has 1 atom stereocenters. The van der Waals surface area contributed by atoms with Crippen molar-refractivity contribution in [2.45, 2.75) is 6.04 Å². The standard InChI is InChI=1S/C22H16ClN3O2/c23-18-13-11-17(12-14-18)21-25-26-22(28-21)19(15-7-3-1-4-8-15)24-20(27)16-9-5-2-6-10-16/h1-14,19H,(H,24,27)/t19-/m1/s1. The summed E-state index contributed by atoms with van der Waals surface area (Å²) in [6.45, 7) is 0. The van der Waals surface area contributed by atoms with Crippen LogP contribution in [0.15, 0.2) is 89.3 Å². The van der Waals surface area contributed by atoms with Gasteiger partial charge in [-0.3, -0.25) is 4.79 Å². The molecule has 0 unspecified atom stereocenters. The topological polar surface area (TPSA) is 68.0 Å². The third-order valence-corrected chi connectivity index (χ3v) is 4.48. The summed E-state index contributed by atoms with van der Waals surface area (Å²) in [4.78, 5) is 12.7. The molecule has 0 spiro atoms. The molecule has 138 valence electrons. The minimum absolute atomic E-state index is 0.222. The first-order valence-corrected chi connectivity index (χ1v) is 9.09. The van der Waals surface area contributed by atoms with Crippen molar-refractivity contribution in [3.05, 3.63) is 107 Å². The summed E-state index contributed by atoms with van der Waals surface area (Å²) in [7, 11) is 0. The number of rotatable bonds is 5. The number of nitrogens with zero attached hydrogens (tertiary/aromatic N) is 2. The van der Waals surface area contributed by atoms with Crippen LogP contribution >= 0.6 is 11.6 Å². The van der Waals surface area contributed by atoms with Gasteiger partial charge in [0.15, 0.2) is 0 Å². The highest BCUT2D eigenvalue weighted by Gasteiger charge is 2.23. The molecule has 0 saturated heterocycles. The SMILES string of the molecule is O=C(N[C@H](c1ccccc1)c1nnc(-c2ccc(Cl)cc2)o1)c1ccccc1. The highest BCUT2D eigenvalue weighted by atomic mass is 35.5. The second-order valence-electron chi connectivity index (χ2n) is 6.14. The fourth-order valence-corrected chi connectivity index (χ4v) is 2.92. The van der Waals surface area contributed by atoms with E-state index in [9.17, 15) is 4.79 Å². The molecule has 28 heavy (non-hydrogen) atoms. The quantitative estimate of drug-likeness (QED) is 0.526. The van der Waals surface area contributed by atoms with E-state index in [2.05, 4.69) is 15.5 Å². The molecule has 0 aliphatic carbocycles. The molecule has 0 aliphatic heterocycles. The van der Waals surface area contributed by atoms with Crippen LogP contribution in [0.1, 0.15) is 27.9 Å². The molecule has 3 aromatic carbocycles. The van der Waals surface area contributed by atoms with E-state index in [4.69, 9.17) is 16.0 Å². The van der Waals surface area contributed by atoms with Crippen LogP contribution in [0, 0.1) is 0 Å². The van der Waals surface area contributed by atoms with Gasteiger partial charge in [-0.1, -0.05) is 60.1 Å². The van der Waals surface area contributed by atoms with Gasteiger partial charge in [0.2, 0.25) is 11.8 Å². The summed E-state index contributed by atoms with van der Waals surface area (Å²) in [5.41, 5.74) is 2.16. The Morgan fingerprint density at radius 1 is 0.857 bits per heavy atom. The average molecular weight is 390 g/mol. The number of nitrogens with one attached hydrogen (secondary N) is 1. The largest absolute Gasteiger partial charge is 0.418 e. The predicted octanol–water partition coefficient (Wildman–Crippen LogP) is 4.91. The Morgan fingerprint density at radius 2 is 1.50 bits per heavy atom. The van der Waals surface area contributed by atoms with Gasteiger partial charge >= 0.3 is 0 Å². The van der Waals surface area contributed by atoms with Crippen molar-refractivity contribution in [3.8, 4) is 11.5 Å². The van der Waals surface area contributed by atoms with Crippen molar-refractivity contribution < 1.29 is 9.21 Å². The third kappa shape index (κ3) is 3.94. The summed E-state index contributed by atoms with van der Waals surface area (Å²) >= 11 is 5.94. The van der Waals surface area contributed by atoms with Crippen LogP contribution in [-0.4, -0.2) is 16.1 Å². The number of hydrogen-bond acceptors (Lipinski definition) is 4. The Kier molecular flexibility index (Phi) is 5.17. The zero-order valence-electron chi connectivity index (χ0n) is 14.7. The summed E-state index contributed by atoms with van der Waals surface area (Å²) < 4.78 is 5.88. The summed E-state index contributed by atoms with van der Waals surface area (Å²) in [5, 5.41) is 11.9. The van der Waals surface area contributed by atoms with Crippen molar-refractivity contribution in [2.75, 3.05) is 0 Å². The molecule has 0 bridgehead atoms. The molecule has 0 saturated carbocycles. The average Bonchev–Trinajstić information content (AvgIpc) is 3.23. The van der Waals surface area contributed by atoms with Crippen molar-refractivity contribution >= 4 is 17.5 Å². The van der Waals surface area contributed by atoms with Crippen LogP contribution in [0.3, 0.4) is 0 Å². The van der Waals surface area contributed by atoms with E-state index >= 15 is 0 Å². The number of carbonyl (C=O) groups is 1. The van der Waals surface area contributed by atoms with Gasteiger partial charge in [-0.2, -0.15) is 0 Å². The molecule has 6 heteroatoms. The fraction of sp³-hybridized carbons (Fsp3) is 0.0455. The Bertz CT molecular complexity index is 1060. The summed E-state index contributed by atoms with van der Waals surface area (Å²) in [5.74, 6) is 0.447. The Morgan fingerprint density at radius 3 is 2.18 bits per heavy atom. The number of halogens is 1. The van der Waals surface area contributed by atoms with Crippen molar-refractivity contribution in [2.24, 2.45) is 0 Å². The summed E-state index contributed by atoms with van der Waals surface area (Å²) in [6.07, 6.45) is 0. The molecule has 1 N–H and O–H groups in total. The smallest absolute Gasteiger partial charge is 0.252 e. The molecule has 0 fully saturated rings. The van der Waals surface area contributed by atoms with Crippen LogP contribution in [0.25, 0.3) is 11.5 Å². The lowest BCUT2D eigenvalue weighted by molar-refractivity contribution is 0.0938. The highest BCUT2D eigenvalue weighted by Crippen LogP contribution is 2.26. The van der Waals surface area contributed by atoms with Gasteiger partial charge in [0.1, 0.15) is 6.04 Å². The third-order valence-electron chi connectivity index (χ3n) is 4.22. The number of aromatic nitrogens is 2. The van der Waals surface area contributed by atoms with E-state index in [0.717, 1.165) is 11.1 Å². The van der Waals surface area contributed by atoms with Crippen LogP contribution in [0.4, 0.5) is 0 Å². The molecule has 4 aromatic rings. The van der Waals surface area contributed by atoms with Gasteiger partial charge < -0.3 is 9.73 Å². The highest BCUT2D eigenvalue weighted by molar-refractivity contribution is 6.30. The zero-order valence-corrected chi connectivity index (χ0v) is 15.5. The van der Waals surface area contributed by atoms with Crippen LogP contribution in [0.5, 0.6) is 0 Å². The molecule has 4 rings (SSSR count). The van der Waals surface area contributed by atoms with Crippen molar-refractivity contribution in [3.63, 3.8) is 0 Å². The number of hydrogen-bond donors (Lipinski definition) is 1. The van der Waals surface area contributed by atoms with E-state index < -0.39 is 6.04 Å². The van der Waals surface area contributed by atoms with Crippen LogP contribution in [0.2, 0.25) is 5.02 Å². The normalized spacial score (nSPS) is 11.8. The maximum Gasteiger partial charge on any atom is 0.252 e. The molecule has 0 aliphatic rings. The van der Waals surface area contributed by atoms with Gasteiger partial charge in [-0.25, -0.2) is 0 Å². The van der Waals surface area contributed by atoms with Gasteiger partial charge in [0.05, 0.1) is 0 Å². The van der Waals surface area contributed by atoms with Gasteiger partial charge in [-0.05, 0) is 42.0 Å². The van der Waals surface area contributed by atoms with Gasteiger partial charge in [0, 0.05) is 16.1 Å². The Hall–Kier alpha value is -3.44. The number of amides is 1. The Labute approximate surface area is 167 Å². The number of carbonyl (C=O) groups excluding carboxylic acids is 1. The lowest BCUT2D eigenvalue weighted by atomic mass is 10.1. The lowest BCUT2D eigenvalue weighted by Gasteiger charge is -2.15. The zero-order chi connectivity index (χ0) is 19.3. The van der Waals surface area contributed by atoms with E-state index in [0.29, 0.717) is 22.4 Å². The summed E-state index contributed by atoms with van der Waals surface area (Å²) in [6, 6.07) is 25.1. The number of benzene rings is 3. The fourth-order valence-electron chi connectivity index (χ4n) is 2.80. The van der Waals surface area contributed by atoms with Gasteiger partial charge in [0.25, 0.3) is 5.91 Å². The second-order valence-corrected chi connectivity index (χ2v) is 6.57. The second kappa shape index (κ2) is 8.06. The van der Waals surface area contributed by atoms with Crippen molar-refractivity contribution in [1.82, 2.24) is 15.5 Å². The maximum atomic E-state index is 12.7. The van der Waals surface area contributed by atoms with Crippen LogP contribution < -0.4 is 5.32 Å². The van der Waals surface area contributed by atoms with Crippen molar-refractivity contribution in [1.29, 1.82) is 0 Å². The maximum absolute atomic E-state index is 12.7. The van der Waals surface area contributed by atoms with Gasteiger partial charge in [-0.15, -0.1) is 10.2 Å². The lowest BCUT2D eigenvalue weighted by Crippen LogP contribution is -2.29. The minimum Gasteiger partial charge on any atom is -0.418 e. The van der Waals surface area contributed by atoms with E-state index in [1.165, 1.54) is 0 Å². The monoisotopic (exact) mass is 389 g/mol. The van der Waals surface area contributed by atoms with E-state index in [1.807, 2.05) is 48.5 Å². The molecular weight excluding hydrogens is 374 g/mol. The first-order chi connectivity index (χ1) is 13.7. The molecule has 5 nitrogen and oxygen atoms in total. The molecule has 0 radical (unpaired) electrons. The molecular formula is C22H16ClN3O2. The molecule has 1 aromatic heterocycles.